The first kappa shape index (κ1) is 12.9. The minimum atomic E-state index is -0.235. The largest absolute Gasteiger partial charge is 0.399 e. The molecule has 1 atom stereocenters. The Hall–Kier alpha value is -2.50. The number of aromatic nitrogens is 2. The lowest BCUT2D eigenvalue weighted by molar-refractivity contribution is 0.0935. The number of anilines is 2. The number of amides is 1. The van der Waals surface area contributed by atoms with Gasteiger partial charge >= 0.3 is 0 Å². The van der Waals surface area contributed by atoms with E-state index in [9.17, 15) is 4.79 Å². The van der Waals surface area contributed by atoms with Crippen LogP contribution >= 0.6 is 0 Å². The third kappa shape index (κ3) is 2.85. The third-order valence-corrected chi connectivity index (χ3v) is 2.88. The SMILES string of the molecule is CCC(NC(=O)c1ccc(N)cc1N)c1ncc[nH]1. The zero-order chi connectivity index (χ0) is 13.8. The first-order chi connectivity index (χ1) is 9.11. The van der Waals surface area contributed by atoms with Crippen LogP contribution in [0, 0.1) is 0 Å². The molecular weight excluding hydrogens is 242 g/mol. The summed E-state index contributed by atoms with van der Waals surface area (Å²) in [6.45, 7) is 1.97. The molecule has 6 nitrogen and oxygen atoms in total. The van der Waals surface area contributed by atoms with Gasteiger partial charge in [0.1, 0.15) is 5.82 Å². The van der Waals surface area contributed by atoms with Crippen molar-refractivity contribution in [2.45, 2.75) is 19.4 Å². The first-order valence-corrected chi connectivity index (χ1v) is 6.07. The van der Waals surface area contributed by atoms with Gasteiger partial charge in [0.15, 0.2) is 0 Å². The molecule has 100 valence electrons. The number of nitrogens with one attached hydrogen (secondary N) is 2. The van der Waals surface area contributed by atoms with Crippen molar-refractivity contribution in [2.75, 3.05) is 11.5 Å². The predicted molar refractivity (Wildman–Crippen MR) is 74.4 cm³/mol. The lowest BCUT2D eigenvalue weighted by Crippen LogP contribution is -2.29. The Balaban J connectivity index is 2.16. The van der Waals surface area contributed by atoms with Gasteiger partial charge in [0.25, 0.3) is 5.91 Å². The van der Waals surface area contributed by atoms with Crippen molar-refractivity contribution in [1.29, 1.82) is 0 Å². The summed E-state index contributed by atoms with van der Waals surface area (Å²) < 4.78 is 0. The maximum Gasteiger partial charge on any atom is 0.253 e. The number of carbonyl (C=O) groups excluding carboxylic acids is 1. The molecule has 2 aromatic rings. The van der Waals surface area contributed by atoms with Crippen molar-refractivity contribution in [3.63, 3.8) is 0 Å². The van der Waals surface area contributed by atoms with Crippen LogP contribution in [0.5, 0.6) is 0 Å². The van der Waals surface area contributed by atoms with Gasteiger partial charge in [-0.2, -0.15) is 0 Å². The Kier molecular flexibility index (Phi) is 3.70. The molecule has 1 aromatic carbocycles. The molecule has 0 aliphatic heterocycles. The molecule has 1 amide bonds. The lowest BCUT2D eigenvalue weighted by atomic mass is 10.1. The van der Waals surface area contributed by atoms with Crippen molar-refractivity contribution < 1.29 is 4.79 Å². The minimum absolute atomic E-state index is 0.167. The van der Waals surface area contributed by atoms with Gasteiger partial charge in [-0.15, -0.1) is 0 Å². The number of hydrogen-bond donors (Lipinski definition) is 4. The summed E-state index contributed by atoms with van der Waals surface area (Å²) in [4.78, 5) is 19.3. The van der Waals surface area contributed by atoms with Crippen molar-refractivity contribution in [3.8, 4) is 0 Å². The Morgan fingerprint density at radius 1 is 1.47 bits per heavy atom. The summed E-state index contributed by atoms with van der Waals surface area (Å²) in [7, 11) is 0. The van der Waals surface area contributed by atoms with E-state index in [1.807, 2.05) is 6.92 Å². The van der Waals surface area contributed by atoms with Crippen LogP contribution in [0.3, 0.4) is 0 Å². The molecule has 0 aliphatic rings. The molecule has 0 radical (unpaired) electrons. The number of hydrogen-bond acceptors (Lipinski definition) is 4. The van der Waals surface area contributed by atoms with Crippen LogP contribution in [0.15, 0.2) is 30.6 Å². The second kappa shape index (κ2) is 5.43. The fourth-order valence-electron chi connectivity index (χ4n) is 1.86. The molecule has 0 spiro atoms. The van der Waals surface area contributed by atoms with Gasteiger partial charge in [0, 0.05) is 23.8 Å². The Morgan fingerprint density at radius 3 is 2.84 bits per heavy atom. The average molecular weight is 259 g/mol. The van der Waals surface area contributed by atoms with Gasteiger partial charge in [-0.05, 0) is 24.6 Å². The molecule has 0 aliphatic carbocycles. The number of imidazole rings is 1. The molecule has 1 heterocycles. The number of nitrogens with two attached hydrogens (primary N) is 2. The van der Waals surface area contributed by atoms with Crippen molar-refractivity contribution in [3.05, 3.63) is 42.0 Å². The highest BCUT2D eigenvalue weighted by Gasteiger charge is 2.17. The monoisotopic (exact) mass is 259 g/mol. The van der Waals surface area contributed by atoms with Crippen molar-refractivity contribution in [1.82, 2.24) is 15.3 Å². The van der Waals surface area contributed by atoms with Gasteiger partial charge < -0.3 is 21.8 Å². The fraction of sp³-hybridized carbons (Fsp3) is 0.231. The number of nitrogen functional groups attached to an aromatic ring is 2. The Labute approximate surface area is 111 Å². The van der Waals surface area contributed by atoms with E-state index in [4.69, 9.17) is 11.5 Å². The van der Waals surface area contributed by atoms with Crippen LogP contribution in [0.2, 0.25) is 0 Å². The summed E-state index contributed by atoms with van der Waals surface area (Å²) >= 11 is 0. The molecule has 1 unspecified atom stereocenters. The van der Waals surface area contributed by atoms with E-state index in [1.54, 1.807) is 30.6 Å². The van der Waals surface area contributed by atoms with Crippen LogP contribution in [-0.2, 0) is 0 Å². The smallest absolute Gasteiger partial charge is 0.253 e. The van der Waals surface area contributed by atoms with Crippen molar-refractivity contribution in [2.24, 2.45) is 0 Å². The molecular formula is C13H17N5O. The standard InChI is InChI=1S/C13H17N5O/c1-2-11(12-16-5-6-17-12)18-13(19)9-4-3-8(14)7-10(9)15/h3-7,11H,2,14-15H2,1H3,(H,16,17)(H,18,19). The van der Waals surface area contributed by atoms with Gasteiger partial charge in [0.05, 0.1) is 11.6 Å². The number of rotatable bonds is 4. The zero-order valence-corrected chi connectivity index (χ0v) is 10.7. The summed E-state index contributed by atoms with van der Waals surface area (Å²) in [5, 5.41) is 2.89. The maximum atomic E-state index is 12.2. The quantitative estimate of drug-likeness (QED) is 0.623. The van der Waals surface area contributed by atoms with Gasteiger partial charge in [0.2, 0.25) is 0 Å². The third-order valence-electron chi connectivity index (χ3n) is 2.88. The lowest BCUT2D eigenvalue weighted by Gasteiger charge is -2.15. The van der Waals surface area contributed by atoms with Crippen LogP contribution < -0.4 is 16.8 Å². The number of aromatic amines is 1. The van der Waals surface area contributed by atoms with E-state index in [1.165, 1.54) is 0 Å². The van der Waals surface area contributed by atoms with E-state index in [0.717, 1.165) is 12.2 Å². The van der Waals surface area contributed by atoms with Crippen molar-refractivity contribution >= 4 is 17.3 Å². The van der Waals surface area contributed by atoms with E-state index < -0.39 is 0 Å². The van der Waals surface area contributed by atoms with Crippen LogP contribution in [0.25, 0.3) is 0 Å². The van der Waals surface area contributed by atoms with E-state index in [2.05, 4.69) is 15.3 Å². The van der Waals surface area contributed by atoms with Gasteiger partial charge in [-0.1, -0.05) is 6.92 Å². The first-order valence-electron chi connectivity index (χ1n) is 6.07. The molecule has 0 saturated carbocycles. The van der Waals surface area contributed by atoms with E-state index in [-0.39, 0.29) is 11.9 Å². The average Bonchev–Trinajstić information content (AvgIpc) is 2.89. The van der Waals surface area contributed by atoms with Crippen LogP contribution in [0.1, 0.15) is 35.6 Å². The summed E-state index contributed by atoms with van der Waals surface area (Å²) in [5.41, 5.74) is 12.7. The summed E-state index contributed by atoms with van der Waals surface area (Å²) in [6, 6.07) is 4.68. The predicted octanol–water partition coefficient (Wildman–Crippen LogP) is 1.46. The number of carbonyl (C=O) groups is 1. The number of benzene rings is 1. The highest BCUT2D eigenvalue weighted by Crippen LogP contribution is 2.18. The molecule has 6 N–H and O–H groups in total. The van der Waals surface area contributed by atoms with E-state index >= 15 is 0 Å². The van der Waals surface area contributed by atoms with Gasteiger partial charge in [-0.3, -0.25) is 4.79 Å². The van der Waals surface area contributed by atoms with Crippen LogP contribution in [-0.4, -0.2) is 15.9 Å². The maximum absolute atomic E-state index is 12.2. The molecule has 1 aromatic heterocycles. The second-order valence-corrected chi connectivity index (χ2v) is 4.26. The van der Waals surface area contributed by atoms with Crippen LogP contribution in [0.4, 0.5) is 11.4 Å². The fourth-order valence-corrected chi connectivity index (χ4v) is 1.86. The minimum Gasteiger partial charge on any atom is -0.399 e. The molecule has 6 heteroatoms. The molecule has 0 bridgehead atoms. The zero-order valence-electron chi connectivity index (χ0n) is 10.7. The second-order valence-electron chi connectivity index (χ2n) is 4.26. The van der Waals surface area contributed by atoms with Gasteiger partial charge in [-0.25, -0.2) is 4.98 Å². The summed E-state index contributed by atoms with van der Waals surface area (Å²) in [6.07, 6.45) is 4.11. The molecule has 0 saturated heterocycles. The number of nitrogens with zero attached hydrogens (tertiary/aromatic N) is 1. The molecule has 2 rings (SSSR count). The topological polar surface area (TPSA) is 110 Å². The Bertz CT molecular complexity index is 564. The highest BCUT2D eigenvalue weighted by atomic mass is 16.1. The Morgan fingerprint density at radius 2 is 2.26 bits per heavy atom. The highest BCUT2D eigenvalue weighted by molar-refractivity contribution is 5.99. The number of H-pyrrole nitrogens is 1. The normalized spacial score (nSPS) is 12.1. The van der Waals surface area contributed by atoms with E-state index in [0.29, 0.717) is 16.9 Å². The molecule has 0 fully saturated rings. The molecule has 19 heavy (non-hydrogen) atoms. The summed E-state index contributed by atoms with van der Waals surface area (Å²) in [5.74, 6) is 0.491.